The molecule has 0 aliphatic carbocycles. The Hall–Kier alpha value is -1.75. The average molecular weight is 389 g/mol. The minimum atomic E-state index is -3.95. The number of sulfonamides is 1. The standard InChI is InChI=1S/C13H13ClN4O4S2/c1-7(19)15-12-16-17-13(23-12)24(21,22)18-5-4-11(20)9-6-8(14)2-3-10(9)18/h2-3,6,11,20H,4-5H2,1H3,(H,15,16,19). The number of halogens is 1. The third-order valence-corrected chi connectivity index (χ3v) is 6.66. The van der Waals surface area contributed by atoms with Gasteiger partial charge in [0.1, 0.15) is 0 Å². The number of hydrogen-bond acceptors (Lipinski definition) is 7. The molecule has 24 heavy (non-hydrogen) atoms. The maximum atomic E-state index is 12.8. The van der Waals surface area contributed by atoms with Crippen LogP contribution in [0.2, 0.25) is 5.02 Å². The predicted octanol–water partition coefficient (Wildman–Crippen LogP) is 1.78. The monoisotopic (exact) mass is 388 g/mol. The number of hydrogen-bond donors (Lipinski definition) is 2. The summed E-state index contributed by atoms with van der Waals surface area (Å²) in [5, 5.41) is 20.3. The summed E-state index contributed by atoms with van der Waals surface area (Å²) in [5.74, 6) is -0.365. The van der Waals surface area contributed by atoms with E-state index < -0.39 is 16.1 Å². The number of carbonyl (C=O) groups excluding carboxylic acids is 1. The van der Waals surface area contributed by atoms with Crippen molar-refractivity contribution in [1.29, 1.82) is 0 Å². The lowest BCUT2D eigenvalue weighted by atomic mass is 10.0. The van der Waals surface area contributed by atoms with Crippen molar-refractivity contribution in [2.24, 2.45) is 0 Å². The molecule has 0 bridgehead atoms. The lowest BCUT2D eigenvalue weighted by Crippen LogP contribution is -2.36. The first-order chi connectivity index (χ1) is 11.3. The summed E-state index contributed by atoms with van der Waals surface area (Å²) in [4.78, 5) is 11.0. The molecule has 11 heteroatoms. The highest BCUT2D eigenvalue weighted by Gasteiger charge is 2.35. The number of anilines is 2. The molecule has 1 aliphatic rings. The zero-order valence-electron chi connectivity index (χ0n) is 12.4. The Bertz CT molecular complexity index is 899. The molecule has 1 amide bonds. The molecule has 1 atom stereocenters. The molecule has 0 spiro atoms. The fourth-order valence-electron chi connectivity index (χ4n) is 2.39. The maximum absolute atomic E-state index is 12.8. The predicted molar refractivity (Wildman–Crippen MR) is 89.8 cm³/mol. The maximum Gasteiger partial charge on any atom is 0.293 e. The van der Waals surface area contributed by atoms with Crippen molar-refractivity contribution in [3.05, 3.63) is 28.8 Å². The summed E-state index contributed by atoms with van der Waals surface area (Å²) >= 11 is 6.70. The van der Waals surface area contributed by atoms with E-state index in [4.69, 9.17) is 11.6 Å². The van der Waals surface area contributed by atoms with Crippen molar-refractivity contribution in [3.8, 4) is 0 Å². The quantitative estimate of drug-likeness (QED) is 0.775. The minimum Gasteiger partial charge on any atom is -0.388 e. The van der Waals surface area contributed by atoms with Crippen LogP contribution < -0.4 is 9.62 Å². The van der Waals surface area contributed by atoms with E-state index in [0.717, 1.165) is 11.3 Å². The Balaban J connectivity index is 2.00. The van der Waals surface area contributed by atoms with E-state index in [1.54, 1.807) is 18.2 Å². The minimum absolute atomic E-state index is 0.104. The van der Waals surface area contributed by atoms with Crippen LogP contribution in [0.4, 0.5) is 10.8 Å². The molecule has 1 aliphatic heterocycles. The number of aromatic nitrogens is 2. The van der Waals surface area contributed by atoms with Gasteiger partial charge in [0.2, 0.25) is 11.0 Å². The highest BCUT2D eigenvalue weighted by molar-refractivity contribution is 7.94. The molecular formula is C13H13ClN4O4S2. The smallest absolute Gasteiger partial charge is 0.293 e. The number of aliphatic hydroxyl groups excluding tert-OH is 1. The second-order valence-electron chi connectivity index (χ2n) is 5.14. The van der Waals surface area contributed by atoms with Crippen LogP contribution in [-0.4, -0.2) is 36.2 Å². The number of rotatable bonds is 3. The molecule has 0 saturated heterocycles. The molecule has 2 aromatic rings. The van der Waals surface area contributed by atoms with Gasteiger partial charge in [0.25, 0.3) is 14.4 Å². The van der Waals surface area contributed by atoms with Crippen molar-refractivity contribution < 1.29 is 18.3 Å². The summed E-state index contributed by atoms with van der Waals surface area (Å²) < 4.78 is 26.6. The summed E-state index contributed by atoms with van der Waals surface area (Å²) in [6.07, 6.45) is -0.543. The van der Waals surface area contributed by atoms with Crippen molar-refractivity contribution in [3.63, 3.8) is 0 Å². The molecule has 0 saturated carbocycles. The van der Waals surface area contributed by atoms with Gasteiger partial charge in [0.05, 0.1) is 11.8 Å². The number of fused-ring (bicyclic) bond motifs is 1. The zero-order valence-corrected chi connectivity index (χ0v) is 14.8. The molecule has 0 radical (unpaired) electrons. The Morgan fingerprint density at radius 3 is 2.92 bits per heavy atom. The number of nitrogens with zero attached hydrogens (tertiary/aromatic N) is 3. The van der Waals surface area contributed by atoms with Crippen molar-refractivity contribution >= 4 is 49.7 Å². The van der Waals surface area contributed by atoms with E-state index in [2.05, 4.69) is 15.5 Å². The number of benzene rings is 1. The summed E-state index contributed by atoms with van der Waals surface area (Å²) in [6, 6.07) is 4.66. The lowest BCUT2D eigenvalue weighted by Gasteiger charge is -2.32. The van der Waals surface area contributed by atoms with E-state index in [9.17, 15) is 18.3 Å². The van der Waals surface area contributed by atoms with Crippen LogP contribution in [0.25, 0.3) is 0 Å². The molecule has 1 aromatic carbocycles. The molecule has 0 fully saturated rings. The van der Waals surface area contributed by atoms with Crippen molar-refractivity contribution in [2.75, 3.05) is 16.2 Å². The molecular weight excluding hydrogens is 376 g/mol. The van der Waals surface area contributed by atoms with E-state index in [1.165, 1.54) is 11.2 Å². The highest BCUT2D eigenvalue weighted by atomic mass is 35.5. The van der Waals surface area contributed by atoms with Gasteiger partial charge in [-0.3, -0.25) is 9.10 Å². The molecule has 1 aromatic heterocycles. The van der Waals surface area contributed by atoms with Crippen LogP contribution >= 0.6 is 22.9 Å². The number of nitrogens with one attached hydrogen (secondary N) is 1. The topological polar surface area (TPSA) is 112 Å². The first-order valence-corrected chi connectivity index (χ1v) is 9.54. The van der Waals surface area contributed by atoms with Gasteiger partial charge in [0.15, 0.2) is 0 Å². The third kappa shape index (κ3) is 3.09. The van der Waals surface area contributed by atoms with Gasteiger partial charge < -0.3 is 10.4 Å². The molecule has 8 nitrogen and oxygen atoms in total. The Morgan fingerprint density at radius 2 is 2.21 bits per heavy atom. The molecule has 128 valence electrons. The van der Waals surface area contributed by atoms with E-state index in [-0.39, 0.29) is 28.3 Å². The molecule has 2 N–H and O–H groups in total. The van der Waals surface area contributed by atoms with Gasteiger partial charge in [-0.15, -0.1) is 10.2 Å². The van der Waals surface area contributed by atoms with Crippen LogP contribution in [-0.2, 0) is 14.8 Å². The SMILES string of the molecule is CC(=O)Nc1nnc(S(=O)(=O)N2CCC(O)c3cc(Cl)ccc32)s1. The Kier molecular flexibility index (Phi) is 4.47. The second kappa shape index (κ2) is 6.28. The van der Waals surface area contributed by atoms with Crippen LogP contribution in [0.5, 0.6) is 0 Å². The van der Waals surface area contributed by atoms with Crippen molar-refractivity contribution in [1.82, 2.24) is 10.2 Å². The fraction of sp³-hybridized carbons (Fsp3) is 0.308. The van der Waals surface area contributed by atoms with Gasteiger partial charge in [-0.1, -0.05) is 22.9 Å². The first kappa shape index (κ1) is 17.1. The number of amides is 1. The second-order valence-corrected chi connectivity index (χ2v) is 8.59. The number of aliphatic hydroxyl groups is 1. The van der Waals surface area contributed by atoms with E-state index in [1.807, 2.05) is 0 Å². The van der Waals surface area contributed by atoms with E-state index in [0.29, 0.717) is 16.3 Å². The fourth-order valence-corrected chi connectivity index (χ4v) is 5.13. The van der Waals surface area contributed by atoms with Crippen molar-refractivity contribution in [2.45, 2.75) is 23.8 Å². The van der Waals surface area contributed by atoms with Crippen LogP contribution in [0.15, 0.2) is 22.5 Å². The summed E-state index contributed by atoms with van der Waals surface area (Å²) in [7, 11) is -3.95. The van der Waals surface area contributed by atoms with Gasteiger partial charge in [-0.2, -0.15) is 8.42 Å². The molecule has 1 unspecified atom stereocenters. The average Bonchev–Trinajstić information content (AvgIpc) is 2.96. The number of carbonyl (C=O) groups is 1. The lowest BCUT2D eigenvalue weighted by molar-refractivity contribution is -0.114. The summed E-state index contributed by atoms with van der Waals surface area (Å²) in [5.41, 5.74) is 0.804. The highest BCUT2D eigenvalue weighted by Crippen LogP contribution is 2.39. The van der Waals surface area contributed by atoms with Gasteiger partial charge in [0, 0.05) is 24.1 Å². The Labute approximate surface area is 147 Å². The van der Waals surface area contributed by atoms with Gasteiger partial charge >= 0.3 is 0 Å². The Morgan fingerprint density at radius 1 is 1.46 bits per heavy atom. The van der Waals surface area contributed by atoms with Crippen LogP contribution in [0, 0.1) is 0 Å². The summed E-state index contributed by atoms with van der Waals surface area (Å²) in [6.45, 7) is 1.40. The van der Waals surface area contributed by atoms with Crippen LogP contribution in [0.3, 0.4) is 0 Å². The molecule has 2 heterocycles. The van der Waals surface area contributed by atoms with Crippen LogP contribution in [0.1, 0.15) is 25.0 Å². The normalized spacial score (nSPS) is 17.5. The third-order valence-electron chi connectivity index (χ3n) is 3.42. The van der Waals surface area contributed by atoms with E-state index >= 15 is 0 Å². The van der Waals surface area contributed by atoms with Gasteiger partial charge in [-0.25, -0.2) is 0 Å². The van der Waals surface area contributed by atoms with Gasteiger partial charge in [-0.05, 0) is 24.6 Å². The molecule has 3 rings (SSSR count). The first-order valence-electron chi connectivity index (χ1n) is 6.90. The zero-order chi connectivity index (χ0) is 17.5. The largest absolute Gasteiger partial charge is 0.388 e.